The Morgan fingerprint density at radius 1 is 1.25 bits per heavy atom. The topological polar surface area (TPSA) is 24.9 Å². The lowest BCUT2D eigenvalue weighted by molar-refractivity contribution is 0.514. The third kappa shape index (κ3) is 4.69. The van der Waals surface area contributed by atoms with E-state index in [2.05, 4.69) is 33.2 Å². The Bertz CT molecular complexity index is 525. The summed E-state index contributed by atoms with van der Waals surface area (Å²) >= 11 is 3.34. The van der Waals surface area contributed by atoms with Gasteiger partial charge < -0.3 is 5.32 Å². The molecule has 106 valence electrons. The molecular weight excluding hydrogens is 319 g/mol. The van der Waals surface area contributed by atoms with Crippen molar-refractivity contribution in [2.24, 2.45) is 0 Å². The molecule has 1 heterocycles. The molecule has 2 nitrogen and oxygen atoms in total. The van der Waals surface area contributed by atoms with Gasteiger partial charge in [0.2, 0.25) is 0 Å². The average molecular weight is 337 g/mol. The van der Waals surface area contributed by atoms with Gasteiger partial charge in [-0.3, -0.25) is 4.98 Å². The molecule has 1 aromatic carbocycles. The van der Waals surface area contributed by atoms with Crippen molar-refractivity contribution < 1.29 is 4.39 Å². The molecule has 2 aromatic rings. The molecule has 1 atom stereocenters. The first kappa shape index (κ1) is 15.1. The average Bonchev–Trinajstić information content (AvgIpc) is 2.39. The van der Waals surface area contributed by atoms with Gasteiger partial charge in [-0.25, -0.2) is 4.39 Å². The van der Waals surface area contributed by atoms with E-state index < -0.39 is 0 Å². The van der Waals surface area contributed by atoms with E-state index in [1.807, 2.05) is 24.3 Å². The summed E-state index contributed by atoms with van der Waals surface area (Å²) in [5, 5.41) is 3.44. The fraction of sp³-hybridized carbons (Fsp3) is 0.312. The summed E-state index contributed by atoms with van der Waals surface area (Å²) in [4.78, 5) is 4.35. The molecule has 2 rings (SSSR count). The Balaban J connectivity index is 2.08. The van der Waals surface area contributed by atoms with Gasteiger partial charge in [-0.2, -0.15) is 0 Å². The minimum atomic E-state index is -0.206. The van der Waals surface area contributed by atoms with Gasteiger partial charge in [0, 0.05) is 28.8 Å². The van der Waals surface area contributed by atoms with E-state index in [0.717, 1.165) is 35.1 Å². The summed E-state index contributed by atoms with van der Waals surface area (Å²) in [6.45, 7) is 2.96. The third-order valence-electron chi connectivity index (χ3n) is 3.08. The number of halogens is 2. The summed E-state index contributed by atoms with van der Waals surface area (Å²) in [6, 6.07) is 11.2. The largest absolute Gasteiger partial charge is 0.314 e. The maximum atomic E-state index is 13.4. The van der Waals surface area contributed by atoms with Gasteiger partial charge in [0.05, 0.1) is 0 Å². The van der Waals surface area contributed by atoms with Crippen LogP contribution in [0.15, 0.2) is 47.1 Å². The second-order valence-electron chi connectivity index (χ2n) is 4.76. The van der Waals surface area contributed by atoms with Crippen LogP contribution in [0.2, 0.25) is 0 Å². The summed E-state index contributed by atoms with van der Waals surface area (Å²) in [5.74, 6) is -0.206. The van der Waals surface area contributed by atoms with E-state index in [4.69, 9.17) is 0 Å². The minimum absolute atomic E-state index is 0.206. The molecule has 1 N–H and O–H groups in total. The highest BCUT2D eigenvalue weighted by Gasteiger charge is 2.11. The molecule has 0 bridgehead atoms. The predicted molar refractivity (Wildman–Crippen MR) is 83.2 cm³/mol. The summed E-state index contributed by atoms with van der Waals surface area (Å²) in [7, 11) is 0. The normalized spacial score (nSPS) is 12.3. The quantitative estimate of drug-likeness (QED) is 0.868. The molecule has 20 heavy (non-hydrogen) atoms. The van der Waals surface area contributed by atoms with Crippen LogP contribution in [-0.2, 0) is 12.8 Å². The number of hydrogen-bond acceptors (Lipinski definition) is 2. The van der Waals surface area contributed by atoms with Crippen LogP contribution in [0.5, 0.6) is 0 Å². The summed E-state index contributed by atoms with van der Waals surface area (Å²) in [6.07, 6.45) is 3.42. The number of nitrogens with one attached hydrogen (secondary N) is 1. The maximum Gasteiger partial charge on any atom is 0.124 e. The number of nitrogens with zero attached hydrogens (tertiary/aromatic N) is 1. The molecule has 4 heteroatoms. The maximum absolute atomic E-state index is 13.4. The van der Waals surface area contributed by atoms with Crippen molar-refractivity contribution >= 4 is 15.9 Å². The number of rotatable bonds is 6. The summed E-state index contributed by atoms with van der Waals surface area (Å²) in [5.41, 5.74) is 2.03. The molecule has 1 unspecified atom stereocenters. The lowest BCUT2D eigenvalue weighted by atomic mass is 10.0. The minimum Gasteiger partial charge on any atom is -0.314 e. The van der Waals surface area contributed by atoms with Crippen LogP contribution in [0.25, 0.3) is 0 Å². The molecule has 0 saturated heterocycles. The highest BCUT2D eigenvalue weighted by molar-refractivity contribution is 9.10. The molecule has 0 aliphatic carbocycles. The van der Waals surface area contributed by atoms with Crippen molar-refractivity contribution in [3.8, 4) is 0 Å². The number of aromatic nitrogens is 1. The Morgan fingerprint density at radius 2 is 2.10 bits per heavy atom. The fourth-order valence-corrected chi connectivity index (χ4v) is 2.80. The first-order valence-corrected chi connectivity index (χ1v) is 7.55. The van der Waals surface area contributed by atoms with Gasteiger partial charge in [-0.15, -0.1) is 0 Å². The van der Waals surface area contributed by atoms with E-state index in [9.17, 15) is 4.39 Å². The van der Waals surface area contributed by atoms with Crippen molar-refractivity contribution in [2.45, 2.75) is 25.8 Å². The Hall–Kier alpha value is -1.26. The predicted octanol–water partition coefficient (Wildman–Crippen LogP) is 3.75. The van der Waals surface area contributed by atoms with E-state index in [0.29, 0.717) is 0 Å². The Morgan fingerprint density at radius 3 is 2.75 bits per heavy atom. The van der Waals surface area contributed by atoms with Crippen LogP contribution >= 0.6 is 15.9 Å². The van der Waals surface area contributed by atoms with Crippen molar-refractivity contribution in [1.29, 1.82) is 0 Å². The first-order chi connectivity index (χ1) is 9.67. The van der Waals surface area contributed by atoms with Gasteiger partial charge in [0.1, 0.15) is 5.82 Å². The second-order valence-corrected chi connectivity index (χ2v) is 5.68. The van der Waals surface area contributed by atoms with E-state index >= 15 is 0 Å². The van der Waals surface area contributed by atoms with E-state index in [1.165, 1.54) is 6.07 Å². The molecule has 1 aromatic heterocycles. The molecule has 0 aliphatic heterocycles. The molecule has 0 saturated carbocycles. The molecule has 0 aliphatic rings. The standard InChI is InChI=1S/C16H18BrFN2/c1-2-19-16(11-15-5-3-4-6-20-15)9-12-7-13(17)10-14(18)8-12/h3-8,10,16,19H,2,9,11H2,1H3. The van der Waals surface area contributed by atoms with Crippen LogP contribution < -0.4 is 5.32 Å². The highest BCUT2D eigenvalue weighted by Crippen LogP contribution is 2.17. The van der Waals surface area contributed by atoms with Crippen molar-refractivity contribution in [2.75, 3.05) is 6.54 Å². The van der Waals surface area contributed by atoms with Gasteiger partial charge in [-0.1, -0.05) is 28.9 Å². The van der Waals surface area contributed by atoms with Crippen molar-refractivity contribution in [1.82, 2.24) is 10.3 Å². The monoisotopic (exact) mass is 336 g/mol. The number of pyridine rings is 1. The lowest BCUT2D eigenvalue weighted by Crippen LogP contribution is -2.33. The smallest absolute Gasteiger partial charge is 0.124 e. The van der Waals surface area contributed by atoms with Crippen LogP contribution in [0.3, 0.4) is 0 Å². The van der Waals surface area contributed by atoms with Crippen LogP contribution in [-0.4, -0.2) is 17.6 Å². The third-order valence-corrected chi connectivity index (χ3v) is 3.54. The number of hydrogen-bond donors (Lipinski definition) is 1. The molecule has 0 radical (unpaired) electrons. The fourth-order valence-electron chi connectivity index (χ4n) is 2.29. The van der Waals surface area contributed by atoms with Gasteiger partial charge >= 0.3 is 0 Å². The first-order valence-electron chi connectivity index (χ1n) is 6.75. The molecule has 0 spiro atoms. The van der Waals surface area contributed by atoms with Crippen LogP contribution in [0.1, 0.15) is 18.2 Å². The number of benzene rings is 1. The van der Waals surface area contributed by atoms with E-state index in [-0.39, 0.29) is 11.9 Å². The Kier molecular flexibility index (Phi) is 5.68. The molecular formula is C16H18BrFN2. The molecule has 0 amide bonds. The zero-order valence-electron chi connectivity index (χ0n) is 11.4. The van der Waals surface area contributed by atoms with Crippen LogP contribution in [0.4, 0.5) is 4.39 Å². The summed E-state index contributed by atoms with van der Waals surface area (Å²) < 4.78 is 14.2. The van der Waals surface area contributed by atoms with Gasteiger partial charge in [0.15, 0.2) is 0 Å². The van der Waals surface area contributed by atoms with Crippen molar-refractivity contribution in [3.63, 3.8) is 0 Å². The molecule has 0 fully saturated rings. The number of likely N-dealkylation sites (N-methyl/N-ethyl adjacent to an activating group) is 1. The van der Waals surface area contributed by atoms with Crippen LogP contribution in [0, 0.1) is 5.82 Å². The lowest BCUT2D eigenvalue weighted by Gasteiger charge is -2.18. The highest BCUT2D eigenvalue weighted by atomic mass is 79.9. The second kappa shape index (κ2) is 7.50. The SMILES string of the molecule is CCNC(Cc1cc(F)cc(Br)c1)Cc1ccccn1. The van der Waals surface area contributed by atoms with E-state index in [1.54, 1.807) is 12.3 Å². The Labute approximate surface area is 127 Å². The van der Waals surface area contributed by atoms with Gasteiger partial charge in [0.25, 0.3) is 0 Å². The zero-order valence-corrected chi connectivity index (χ0v) is 13.0. The van der Waals surface area contributed by atoms with Crippen molar-refractivity contribution in [3.05, 3.63) is 64.1 Å². The van der Waals surface area contributed by atoms with Gasteiger partial charge in [-0.05, 0) is 48.9 Å². The zero-order chi connectivity index (χ0) is 14.4.